The van der Waals surface area contributed by atoms with E-state index in [2.05, 4.69) is 33.0 Å². The number of hydrogen-bond donors (Lipinski definition) is 1. The Morgan fingerprint density at radius 3 is 2.41 bits per heavy atom. The highest BCUT2D eigenvalue weighted by molar-refractivity contribution is 5.78. The van der Waals surface area contributed by atoms with Crippen molar-refractivity contribution in [3.8, 4) is 0 Å². The largest absolute Gasteiger partial charge is 0.351 e. The first-order valence-corrected chi connectivity index (χ1v) is 8.65. The maximum atomic E-state index is 12.0. The third-order valence-electron chi connectivity index (χ3n) is 4.22. The van der Waals surface area contributed by atoms with Gasteiger partial charge in [0.2, 0.25) is 0 Å². The van der Waals surface area contributed by atoms with Gasteiger partial charge in [-0.1, -0.05) is 27.7 Å². The summed E-state index contributed by atoms with van der Waals surface area (Å²) in [5.74, 6) is 1.46. The van der Waals surface area contributed by atoms with Crippen molar-refractivity contribution < 1.29 is 19.0 Å². The molecule has 0 radical (unpaired) electrons. The molecule has 0 aliphatic carbocycles. The highest BCUT2D eigenvalue weighted by Gasteiger charge is 2.50. The highest BCUT2D eigenvalue weighted by Crippen LogP contribution is 2.32. The normalized spacial score (nSPS) is 27.4. The third-order valence-corrected chi connectivity index (χ3v) is 4.22. The van der Waals surface area contributed by atoms with E-state index in [1.54, 1.807) is 0 Å². The average molecular weight is 313 g/mol. The zero-order valence-electron chi connectivity index (χ0n) is 14.4. The number of ketones is 1. The number of carbonyl (C=O) groups is 1. The van der Waals surface area contributed by atoms with Gasteiger partial charge in [0.1, 0.15) is 5.78 Å². The van der Waals surface area contributed by atoms with Crippen molar-refractivity contribution in [2.45, 2.75) is 78.0 Å². The molecule has 2 rings (SSSR count). The van der Waals surface area contributed by atoms with Crippen LogP contribution in [0.15, 0.2) is 0 Å². The smallest absolute Gasteiger partial charge is 0.312 e. The molecule has 22 heavy (non-hydrogen) atoms. The van der Waals surface area contributed by atoms with Crippen molar-refractivity contribution in [1.82, 2.24) is 5.32 Å². The van der Waals surface area contributed by atoms with Gasteiger partial charge in [-0.05, 0) is 31.1 Å². The molecule has 0 aromatic carbocycles. The summed E-state index contributed by atoms with van der Waals surface area (Å²) in [5.41, 5.74) is 0. The van der Waals surface area contributed by atoms with E-state index in [0.717, 1.165) is 19.3 Å². The fourth-order valence-electron chi connectivity index (χ4n) is 3.04. The van der Waals surface area contributed by atoms with Gasteiger partial charge in [0.15, 0.2) is 0 Å². The topological polar surface area (TPSA) is 56.8 Å². The molecule has 1 N–H and O–H groups in total. The van der Waals surface area contributed by atoms with Crippen molar-refractivity contribution in [1.29, 1.82) is 0 Å². The summed E-state index contributed by atoms with van der Waals surface area (Å²) in [6.07, 6.45) is 2.84. The second-order valence-electron chi connectivity index (χ2n) is 7.30. The lowest BCUT2D eigenvalue weighted by Gasteiger charge is -2.20. The number of hydrogen-bond acceptors (Lipinski definition) is 5. The molecule has 0 unspecified atom stereocenters. The molecule has 2 atom stereocenters. The Morgan fingerprint density at radius 2 is 1.82 bits per heavy atom. The zero-order chi connectivity index (χ0) is 16.2. The zero-order valence-corrected chi connectivity index (χ0v) is 14.4. The Hall–Kier alpha value is -0.490. The first-order chi connectivity index (χ1) is 10.4. The van der Waals surface area contributed by atoms with Crippen molar-refractivity contribution in [2.24, 2.45) is 11.8 Å². The van der Waals surface area contributed by atoms with E-state index in [1.165, 1.54) is 0 Å². The first kappa shape index (κ1) is 17.9. The van der Waals surface area contributed by atoms with Crippen LogP contribution in [0.3, 0.4) is 0 Å². The van der Waals surface area contributed by atoms with Crippen LogP contribution in [0.5, 0.6) is 0 Å². The van der Waals surface area contributed by atoms with E-state index in [-0.39, 0.29) is 12.1 Å². The average Bonchev–Trinajstić information content (AvgIpc) is 3.01. The minimum Gasteiger partial charge on any atom is -0.312 e. The second-order valence-corrected chi connectivity index (χ2v) is 7.30. The van der Waals surface area contributed by atoms with Crippen LogP contribution in [-0.2, 0) is 19.0 Å². The molecule has 1 spiro atoms. The van der Waals surface area contributed by atoms with Crippen LogP contribution in [0.25, 0.3) is 0 Å². The van der Waals surface area contributed by atoms with Crippen molar-refractivity contribution >= 4 is 5.78 Å². The Kier molecular flexibility index (Phi) is 6.38. The fraction of sp³-hybridized carbons (Fsp3) is 0.941. The molecule has 2 fully saturated rings. The summed E-state index contributed by atoms with van der Waals surface area (Å²) >= 11 is 0. The second kappa shape index (κ2) is 7.86. The number of ether oxygens (including phenoxy) is 3. The maximum Gasteiger partial charge on any atom is 0.351 e. The van der Waals surface area contributed by atoms with Gasteiger partial charge in [-0.3, -0.25) is 4.79 Å². The van der Waals surface area contributed by atoms with Gasteiger partial charge in [-0.2, -0.15) is 0 Å². The monoisotopic (exact) mass is 313 g/mol. The SMILES string of the molecule is CC(C)CCC(=O)CC[C@@H]1OC2(N[C@H]1CC(C)C)OCCO2. The summed E-state index contributed by atoms with van der Waals surface area (Å²) in [6.45, 7) is 9.76. The van der Waals surface area contributed by atoms with Gasteiger partial charge in [0.05, 0.1) is 19.3 Å². The highest BCUT2D eigenvalue weighted by atomic mass is 16.9. The number of Topliss-reactive ketones (excluding diaryl/α,β-unsaturated/α-hetero) is 1. The lowest BCUT2D eigenvalue weighted by atomic mass is 9.95. The lowest BCUT2D eigenvalue weighted by Crippen LogP contribution is -2.45. The van der Waals surface area contributed by atoms with Crippen molar-refractivity contribution in [2.75, 3.05) is 13.2 Å². The molecule has 0 amide bonds. The van der Waals surface area contributed by atoms with E-state index in [4.69, 9.17) is 14.2 Å². The van der Waals surface area contributed by atoms with Gasteiger partial charge in [0, 0.05) is 18.9 Å². The van der Waals surface area contributed by atoms with E-state index in [0.29, 0.717) is 43.7 Å². The van der Waals surface area contributed by atoms with E-state index < -0.39 is 6.10 Å². The minimum absolute atomic E-state index is 0.0245. The van der Waals surface area contributed by atoms with Crippen molar-refractivity contribution in [3.05, 3.63) is 0 Å². The first-order valence-electron chi connectivity index (χ1n) is 8.65. The molecular formula is C17H31NO4. The third kappa shape index (κ3) is 5.01. The van der Waals surface area contributed by atoms with Crippen LogP contribution in [0, 0.1) is 11.8 Å². The standard InChI is InChI=1S/C17H31NO4/c1-12(2)5-6-14(19)7-8-16-15(11-13(3)4)18-17(22-16)20-9-10-21-17/h12-13,15-16,18H,5-11H2,1-4H3/t15-,16-/m0/s1. The predicted molar refractivity (Wildman–Crippen MR) is 84.2 cm³/mol. The molecule has 2 aliphatic heterocycles. The Morgan fingerprint density at radius 1 is 1.14 bits per heavy atom. The molecule has 5 heteroatoms. The Labute approximate surface area is 134 Å². The molecular weight excluding hydrogens is 282 g/mol. The maximum absolute atomic E-state index is 12.0. The quantitative estimate of drug-likeness (QED) is 0.747. The molecule has 0 aromatic rings. The predicted octanol–water partition coefficient (Wildman–Crippen LogP) is 2.83. The number of nitrogens with one attached hydrogen (secondary N) is 1. The number of rotatable bonds is 8. The summed E-state index contributed by atoms with van der Waals surface area (Å²) in [7, 11) is 0. The van der Waals surface area contributed by atoms with E-state index in [1.807, 2.05) is 0 Å². The molecule has 2 heterocycles. The van der Waals surface area contributed by atoms with Crippen LogP contribution < -0.4 is 5.32 Å². The van der Waals surface area contributed by atoms with Gasteiger partial charge >= 0.3 is 6.10 Å². The van der Waals surface area contributed by atoms with E-state index >= 15 is 0 Å². The van der Waals surface area contributed by atoms with E-state index in [9.17, 15) is 4.79 Å². The van der Waals surface area contributed by atoms with Gasteiger partial charge < -0.3 is 14.2 Å². The van der Waals surface area contributed by atoms with Crippen LogP contribution in [0.4, 0.5) is 0 Å². The summed E-state index contributed by atoms with van der Waals surface area (Å²) in [6, 6.07) is 0.177. The molecule has 5 nitrogen and oxygen atoms in total. The molecule has 0 aromatic heterocycles. The van der Waals surface area contributed by atoms with Gasteiger partial charge in [-0.15, -0.1) is 0 Å². The van der Waals surface area contributed by atoms with Gasteiger partial charge in [0.25, 0.3) is 0 Å². The molecule has 0 bridgehead atoms. The van der Waals surface area contributed by atoms with Gasteiger partial charge in [-0.25, -0.2) is 5.32 Å². The van der Waals surface area contributed by atoms with Crippen molar-refractivity contribution in [3.63, 3.8) is 0 Å². The summed E-state index contributed by atoms with van der Waals surface area (Å²) < 4.78 is 17.2. The lowest BCUT2D eigenvalue weighted by molar-refractivity contribution is -0.332. The summed E-state index contributed by atoms with van der Waals surface area (Å²) in [4.78, 5) is 12.0. The molecule has 2 aliphatic rings. The molecule has 0 saturated carbocycles. The van der Waals surface area contributed by atoms with Crippen LogP contribution in [0.2, 0.25) is 0 Å². The Balaban J connectivity index is 1.85. The van der Waals surface area contributed by atoms with Crippen LogP contribution in [-0.4, -0.2) is 37.2 Å². The number of carbonyl (C=O) groups excluding carboxylic acids is 1. The summed E-state index contributed by atoms with van der Waals surface area (Å²) in [5, 5.41) is 3.34. The Bertz CT molecular complexity index is 364. The van der Waals surface area contributed by atoms with Crippen LogP contribution in [0.1, 0.15) is 59.8 Å². The minimum atomic E-state index is -1.06. The molecule has 2 saturated heterocycles. The molecule has 128 valence electrons. The fourth-order valence-corrected chi connectivity index (χ4v) is 3.04. The van der Waals surface area contributed by atoms with Crippen LogP contribution >= 0.6 is 0 Å².